The molecule has 1 aromatic heterocycles. The van der Waals surface area contributed by atoms with Crippen molar-refractivity contribution in [3.05, 3.63) is 27.5 Å². The molecule has 1 N–H and O–H groups in total. The minimum atomic E-state index is -4.98. The van der Waals surface area contributed by atoms with E-state index in [1.807, 2.05) is 0 Å². The molecular formula is C8H5BrF5NO. The Hall–Kier alpha value is -0.760. The van der Waals surface area contributed by atoms with Crippen molar-refractivity contribution >= 4 is 15.9 Å². The number of rotatable bonds is 2. The van der Waals surface area contributed by atoms with E-state index in [0.717, 1.165) is 0 Å². The molecule has 1 heterocycles. The quantitative estimate of drug-likeness (QED) is 0.851. The van der Waals surface area contributed by atoms with Crippen molar-refractivity contribution in [3.8, 4) is 0 Å². The first-order valence-corrected chi connectivity index (χ1v) is 4.72. The first kappa shape index (κ1) is 13.3. The van der Waals surface area contributed by atoms with Crippen LogP contribution in [0.4, 0.5) is 22.0 Å². The zero-order chi connectivity index (χ0) is 12.5. The van der Waals surface area contributed by atoms with E-state index < -0.39 is 30.5 Å². The van der Waals surface area contributed by atoms with Gasteiger partial charge in [-0.2, -0.15) is 13.2 Å². The molecule has 90 valence electrons. The Bertz CT molecular complexity index is 393. The van der Waals surface area contributed by atoms with Crippen LogP contribution in [0.1, 0.15) is 23.4 Å². The minimum absolute atomic E-state index is 0.0849. The fourth-order valence-electron chi connectivity index (χ4n) is 1.05. The number of aliphatic hydroxyl groups is 1. The Labute approximate surface area is 95.2 Å². The maximum Gasteiger partial charge on any atom is 0.433 e. The number of hydrogen-bond donors (Lipinski definition) is 1. The SMILES string of the molecule is OCc1nc(C(F)(F)F)c(C(F)F)cc1Br. The highest BCUT2D eigenvalue weighted by Crippen LogP contribution is 2.37. The van der Waals surface area contributed by atoms with Gasteiger partial charge in [-0.1, -0.05) is 0 Å². The molecule has 0 aliphatic rings. The van der Waals surface area contributed by atoms with Crippen molar-refractivity contribution in [2.45, 2.75) is 19.2 Å². The summed E-state index contributed by atoms with van der Waals surface area (Å²) in [6, 6.07) is 0.617. The van der Waals surface area contributed by atoms with Crippen LogP contribution < -0.4 is 0 Å². The van der Waals surface area contributed by atoms with E-state index >= 15 is 0 Å². The first-order valence-electron chi connectivity index (χ1n) is 3.93. The molecule has 1 aromatic rings. The number of alkyl halides is 5. The van der Waals surface area contributed by atoms with E-state index in [2.05, 4.69) is 20.9 Å². The van der Waals surface area contributed by atoms with Gasteiger partial charge in [-0.15, -0.1) is 0 Å². The molecule has 0 radical (unpaired) electrons. The smallest absolute Gasteiger partial charge is 0.390 e. The van der Waals surface area contributed by atoms with Crippen molar-refractivity contribution in [1.29, 1.82) is 0 Å². The highest BCUT2D eigenvalue weighted by molar-refractivity contribution is 9.10. The number of hydrogen-bond acceptors (Lipinski definition) is 2. The highest BCUT2D eigenvalue weighted by atomic mass is 79.9. The largest absolute Gasteiger partial charge is 0.433 e. The molecule has 0 spiro atoms. The summed E-state index contributed by atoms with van der Waals surface area (Å²) in [5.74, 6) is 0. The Morgan fingerprint density at radius 1 is 1.38 bits per heavy atom. The summed E-state index contributed by atoms with van der Waals surface area (Å²) in [4.78, 5) is 2.98. The van der Waals surface area contributed by atoms with Gasteiger partial charge in [0.25, 0.3) is 6.43 Å². The Kier molecular flexibility index (Phi) is 3.84. The fraction of sp³-hybridized carbons (Fsp3) is 0.375. The summed E-state index contributed by atoms with van der Waals surface area (Å²) < 4.78 is 61.7. The third-order valence-corrected chi connectivity index (χ3v) is 2.42. The first-order chi connectivity index (χ1) is 7.27. The molecule has 0 fully saturated rings. The van der Waals surface area contributed by atoms with Crippen molar-refractivity contribution in [2.75, 3.05) is 0 Å². The molecule has 8 heteroatoms. The lowest BCUT2D eigenvalue weighted by Gasteiger charge is -2.13. The van der Waals surface area contributed by atoms with Gasteiger partial charge in [-0.25, -0.2) is 13.8 Å². The fourth-order valence-corrected chi connectivity index (χ4v) is 1.51. The van der Waals surface area contributed by atoms with Crippen LogP contribution in [-0.4, -0.2) is 10.1 Å². The van der Waals surface area contributed by atoms with Crippen molar-refractivity contribution < 1.29 is 27.1 Å². The second-order valence-corrected chi connectivity index (χ2v) is 3.67. The van der Waals surface area contributed by atoms with Crippen molar-refractivity contribution in [2.24, 2.45) is 0 Å². The normalized spacial score (nSPS) is 12.2. The molecule has 16 heavy (non-hydrogen) atoms. The van der Waals surface area contributed by atoms with E-state index in [-0.39, 0.29) is 10.2 Å². The number of halogens is 6. The van der Waals surface area contributed by atoms with E-state index in [9.17, 15) is 22.0 Å². The molecule has 0 atom stereocenters. The van der Waals surface area contributed by atoms with E-state index in [4.69, 9.17) is 5.11 Å². The average molecular weight is 306 g/mol. The standard InChI is InChI=1S/C8H5BrF5NO/c9-4-1-3(7(10)11)6(8(12,13)14)15-5(4)2-16/h1,7,16H,2H2. The topological polar surface area (TPSA) is 33.1 Å². The molecule has 0 aliphatic heterocycles. The zero-order valence-corrected chi connectivity index (χ0v) is 9.11. The zero-order valence-electron chi connectivity index (χ0n) is 7.52. The van der Waals surface area contributed by atoms with Gasteiger partial charge < -0.3 is 5.11 Å². The van der Waals surface area contributed by atoms with E-state index in [0.29, 0.717) is 6.07 Å². The van der Waals surface area contributed by atoms with Gasteiger partial charge in [0, 0.05) is 10.0 Å². The minimum Gasteiger partial charge on any atom is -0.390 e. The van der Waals surface area contributed by atoms with Gasteiger partial charge in [-0.05, 0) is 22.0 Å². The third-order valence-electron chi connectivity index (χ3n) is 1.73. The molecule has 1 rings (SSSR count). The molecule has 0 saturated heterocycles. The van der Waals surface area contributed by atoms with Gasteiger partial charge in [0.15, 0.2) is 5.69 Å². The second-order valence-electron chi connectivity index (χ2n) is 2.81. The molecule has 0 bridgehead atoms. The number of aliphatic hydroxyl groups excluding tert-OH is 1. The molecule has 0 aromatic carbocycles. The summed E-state index contributed by atoms with van der Waals surface area (Å²) in [7, 11) is 0. The predicted octanol–water partition coefficient (Wildman–Crippen LogP) is 3.29. The maximum atomic E-state index is 12.4. The number of pyridine rings is 1. The van der Waals surface area contributed by atoms with Crippen LogP contribution in [0.3, 0.4) is 0 Å². The molecule has 2 nitrogen and oxygen atoms in total. The summed E-state index contributed by atoms with van der Waals surface area (Å²) >= 11 is 2.75. The summed E-state index contributed by atoms with van der Waals surface area (Å²) in [5, 5.41) is 8.69. The van der Waals surface area contributed by atoms with Crippen molar-refractivity contribution in [1.82, 2.24) is 4.98 Å². The molecule has 0 aliphatic carbocycles. The van der Waals surface area contributed by atoms with E-state index in [1.54, 1.807) is 0 Å². The summed E-state index contributed by atoms with van der Waals surface area (Å²) in [6.45, 7) is -0.771. The van der Waals surface area contributed by atoms with Crippen LogP contribution in [-0.2, 0) is 12.8 Å². The molecular weight excluding hydrogens is 301 g/mol. The van der Waals surface area contributed by atoms with Gasteiger partial charge in [0.1, 0.15) is 0 Å². The average Bonchev–Trinajstić information content (AvgIpc) is 2.15. The van der Waals surface area contributed by atoms with E-state index in [1.165, 1.54) is 0 Å². The van der Waals surface area contributed by atoms with Crippen LogP contribution in [0.15, 0.2) is 10.5 Å². The Morgan fingerprint density at radius 2 is 1.94 bits per heavy atom. The van der Waals surface area contributed by atoms with Gasteiger partial charge in [0.2, 0.25) is 0 Å². The lowest BCUT2D eigenvalue weighted by molar-refractivity contribution is -0.143. The van der Waals surface area contributed by atoms with Crippen molar-refractivity contribution in [3.63, 3.8) is 0 Å². The second kappa shape index (κ2) is 4.62. The highest BCUT2D eigenvalue weighted by Gasteiger charge is 2.38. The molecule has 0 unspecified atom stereocenters. The van der Waals surface area contributed by atoms with Gasteiger partial charge in [0.05, 0.1) is 12.3 Å². The van der Waals surface area contributed by atoms with Gasteiger partial charge in [-0.3, -0.25) is 0 Å². The predicted molar refractivity (Wildman–Crippen MR) is 47.8 cm³/mol. The van der Waals surface area contributed by atoms with Crippen LogP contribution >= 0.6 is 15.9 Å². The summed E-state index contributed by atoms with van der Waals surface area (Å²) in [6.07, 6.45) is -8.26. The molecule has 0 amide bonds. The maximum absolute atomic E-state index is 12.4. The number of aromatic nitrogens is 1. The van der Waals surface area contributed by atoms with Gasteiger partial charge >= 0.3 is 6.18 Å². The summed E-state index contributed by atoms with van der Waals surface area (Å²) in [5.41, 5.74) is -3.22. The number of nitrogens with zero attached hydrogens (tertiary/aromatic N) is 1. The Balaban J connectivity index is 3.43. The van der Waals surface area contributed by atoms with Crippen LogP contribution in [0.25, 0.3) is 0 Å². The van der Waals surface area contributed by atoms with Crippen LogP contribution in [0, 0.1) is 0 Å². The lowest BCUT2D eigenvalue weighted by Crippen LogP contribution is -2.14. The lowest BCUT2D eigenvalue weighted by atomic mass is 10.1. The molecule has 0 saturated carbocycles. The monoisotopic (exact) mass is 305 g/mol. The van der Waals surface area contributed by atoms with Crippen LogP contribution in [0.2, 0.25) is 0 Å². The van der Waals surface area contributed by atoms with Crippen LogP contribution in [0.5, 0.6) is 0 Å². The Morgan fingerprint density at radius 3 is 2.31 bits per heavy atom. The third kappa shape index (κ3) is 2.67.